The molecule has 0 aliphatic carbocycles. The summed E-state index contributed by atoms with van der Waals surface area (Å²) in [6.07, 6.45) is 4.89. The van der Waals surface area contributed by atoms with Gasteiger partial charge in [-0.15, -0.1) is 0 Å². The van der Waals surface area contributed by atoms with Gasteiger partial charge < -0.3 is 5.32 Å². The molecule has 16 heavy (non-hydrogen) atoms. The number of rotatable bonds is 4. The van der Waals surface area contributed by atoms with Crippen molar-refractivity contribution in [1.29, 1.82) is 0 Å². The molecular formula is C11H15N5. The number of hydrogen-bond donors (Lipinski definition) is 1. The summed E-state index contributed by atoms with van der Waals surface area (Å²) < 4.78 is 1.66. The van der Waals surface area contributed by atoms with Crippen molar-refractivity contribution in [1.82, 2.24) is 19.7 Å². The second kappa shape index (κ2) is 4.74. The van der Waals surface area contributed by atoms with Crippen LogP contribution in [0.15, 0.2) is 31.0 Å². The van der Waals surface area contributed by atoms with Crippen LogP contribution in [0.1, 0.15) is 13.8 Å². The molecule has 0 saturated heterocycles. The zero-order chi connectivity index (χ0) is 11.4. The molecular weight excluding hydrogens is 202 g/mol. The van der Waals surface area contributed by atoms with Gasteiger partial charge in [-0.25, -0.2) is 14.6 Å². The fourth-order valence-electron chi connectivity index (χ4n) is 1.35. The predicted molar refractivity (Wildman–Crippen MR) is 62.5 cm³/mol. The molecule has 2 aromatic heterocycles. The maximum absolute atomic E-state index is 4.30. The van der Waals surface area contributed by atoms with Crippen LogP contribution in [0, 0.1) is 5.92 Å². The average molecular weight is 217 g/mol. The number of nitrogens with zero attached hydrogens (tertiary/aromatic N) is 4. The normalized spacial score (nSPS) is 10.7. The Balaban J connectivity index is 2.24. The van der Waals surface area contributed by atoms with Gasteiger partial charge in [0.15, 0.2) is 5.82 Å². The van der Waals surface area contributed by atoms with E-state index in [1.54, 1.807) is 17.2 Å². The highest BCUT2D eigenvalue weighted by atomic mass is 15.3. The Kier molecular flexibility index (Phi) is 3.14. The maximum atomic E-state index is 4.30. The highest BCUT2D eigenvalue weighted by Crippen LogP contribution is 2.15. The molecule has 0 aliphatic heterocycles. The van der Waals surface area contributed by atoms with Gasteiger partial charge in [0.05, 0.1) is 5.69 Å². The summed E-state index contributed by atoms with van der Waals surface area (Å²) in [7, 11) is 0. The third kappa shape index (κ3) is 2.36. The molecule has 0 aromatic carbocycles. The summed E-state index contributed by atoms with van der Waals surface area (Å²) in [5.74, 6) is 1.37. The molecule has 5 heteroatoms. The van der Waals surface area contributed by atoms with E-state index in [4.69, 9.17) is 0 Å². The number of nitrogens with one attached hydrogen (secondary N) is 1. The van der Waals surface area contributed by atoms with E-state index in [9.17, 15) is 0 Å². The SMILES string of the molecule is CC(C)CNc1cccnc1-n1cncn1. The summed E-state index contributed by atoms with van der Waals surface area (Å²) in [6.45, 7) is 5.24. The molecule has 0 fully saturated rings. The second-order valence-electron chi connectivity index (χ2n) is 3.99. The molecule has 5 nitrogen and oxygen atoms in total. The van der Waals surface area contributed by atoms with Gasteiger partial charge in [0.1, 0.15) is 12.7 Å². The largest absolute Gasteiger partial charge is 0.382 e. The van der Waals surface area contributed by atoms with E-state index in [0.717, 1.165) is 18.1 Å². The Labute approximate surface area is 94.5 Å². The molecule has 84 valence electrons. The predicted octanol–water partition coefficient (Wildman–Crippen LogP) is 1.73. The topological polar surface area (TPSA) is 55.6 Å². The fourth-order valence-corrected chi connectivity index (χ4v) is 1.35. The Hall–Kier alpha value is -1.91. The Morgan fingerprint density at radius 2 is 2.31 bits per heavy atom. The molecule has 0 unspecified atom stereocenters. The molecule has 0 bridgehead atoms. The molecule has 1 N–H and O–H groups in total. The van der Waals surface area contributed by atoms with E-state index in [1.165, 1.54) is 6.33 Å². The van der Waals surface area contributed by atoms with E-state index < -0.39 is 0 Å². The second-order valence-corrected chi connectivity index (χ2v) is 3.99. The summed E-state index contributed by atoms with van der Waals surface area (Å²) in [5.41, 5.74) is 0.974. The van der Waals surface area contributed by atoms with Crippen molar-refractivity contribution in [3.63, 3.8) is 0 Å². The highest BCUT2D eigenvalue weighted by molar-refractivity contribution is 5.55. The minimum atomic E-state index is 0.587. The number of pyridine rings is 1. The van der Waals surface area contributed by atoms with Crippen molar-refractivity contribution in [3.05, 3.63) is 31.0 Å². The first-order chi connectivity index (χ1) is 7.77. The summed E-state index contributed by atoms with van der Waals surface area (Å²) in [5, 5.41) is 7.43. The van der Waals surface area contributed by atoms with Crippen molar-refractivity contribution in [2.45, 2.75) is 13.8 Å². The van der Waals surface area contributed by atoms with Gasteiger partial charge in [-0.3, -0.25) is 0 Å². The monoisotopic (exact) mass is 217 g/mol. The van der Waals surface area contributed by atoms with Crippen molar-refractivity contribution >= 4 is 5.69 Å². The summed E-state index contributed by atoms with van der Waals surface area (Å²) in [4.78, 5) is 8.22. The third-order valence-corrected chi connectivity index (χ3v) is 2.12. The summed E-state index contributed by atoms with van der Waals surface area (Å²) in [6, 6.07) is 3.90. The van der Waals surface area contributed by atoms with Gasteiger partial charge in [-0.2, -0.15) is 5.10 Å². The van der Waals surface area contributed by atoms with E-state index in [1.807, 2.05) is 12.1 Å². The van der Waals surface area contributed by atoms with E-state index in [0.29, 0.717) is 5.92 Å². The molecule has 0 amide bonds. The van der Waals surface area contributed by atoms with Crippen LogP contribution in [0.25, 0.3) is 5.82 Å². The van der Waals surface area contributed by atoms with Crippen LogP contribution in [0.4, 0.5) is 5.69 Å². The Morgan fingerprint density at radius 3 is 3.00 bits per heavy atom. The van der Waals surface area contributed by atoms with Gasteiger partial charge in [0.2, 0.25) is 0 Å². The molecule has 2 rings (SSSR count). The van der Waals surface area contributed by atoms with Crippen molar-refractivity contribution in [2.24, 2.45) is 5.92 Å². The van der Waals surface area contributed by atoms with Gasteiger partial charge in [0.25, 0.3) is 0 Å². The van der Waals surface area contributed by atoms with Crippen LogP contribution in [0.5, 0.6) is 0 Å². The first-order valence-electron chi connectivity index (χ1n) is 5.31. The van der Waals surface area contributed by atoms with Gasteiger partial charge in [0, 0.05) is 12.7 Å². The van der Waals surface area contributed by atoms with Gasteiger partial charge in [-0.1, -0.05) is 13.8 Å². The molecule has 2 aromatic rings. The van der Waals surface area contributed by atoms with Crippen molar-refractivity contribution in [3.8, 4) is 5.82 Å². The van der Waals surface area contributed by atoms with Gasteiger partial charge in [-0.05, 0) is 18.1 Å². The zero-order valence-electron chi connectivity index (χ0n) is 9.46. The molecule has 0 radical (unpaired) electrons. The molecule has 2 heterocycles. The number of aromatic nitrogens is 4. The lowest BCUT2D eigenvalue weighted by Crippen LogP contribution is -2.11. The standard InChI is InChI=1S/C11H15N5/c1-9(2)6-14-10-4-3-5-13-11(10)16-8-12-7-15-16/h3-5,7-9,14H,6H2,1-2H3. The Morgan fingerprint density at radius 1 is 1.44 bits per heavy atom. The molecule has 0 spiro atoms. The lowest BCUT2D eigenvalue weighted by Gasteiger charge is -2.11. The first kappa shape index (κ1) is 10.6. The lowest BCUT2D eigenvalue weighted by molar-refractivity contribution is 0.687. The van der Waals surface area contributed by atoms with E-state index >= 15 is 0 Å². The number of hydrogen-bond acceptors (Lipinski definition) is 4. The zero-order valence-corrected chi connectivity index (χ0v) is 9.46. The third-order valence-electron chi connectivity index (χ3n) is 2.12. The average Bonchev–Trinajstić information content (AvgIpc) is 2.80. The van der Waals surface area contributed by atoms with Crippen molar-refractivity contribution in [2.75, 3.05) is 11.9 Å². The van der Waals surface area contributed by atoms with Gasteiger partial charge >= 0.3 is 0 Å². The minimum absolute atomic E-state index is 0.587. The fraction of sp³-hybridized carbons (Fsp3) is 0.364. The highest BCUT2D eigenvalue weighted by Gasteiger charge is 2.05. The van der Waals surface area contributed by atoms with Crippen LogP contribution < -0.4 is 5.32 Å². The number of anilines is 1. The summed E-state index contributed by atoms with van der Waals surface area (Å²) >= 11 is 0. The van der Waals surface area contributed by atoms with E-state index in [-0.39, 0.29) is 0 Å². The van der Waals surface area contributed by atoms with Crippen LogP contribution in [-0.2, 0) is 0 Å². The maximum Gasteiger partial charge on any atom is 0.178 e. The Bertz CT molecular complexity index is 435. The molecule has 0 atom stereocenters. The van der Waals surface area contributed by atoms with Crippen LogP contribution in [-0.4, -0.2) is 26.3 Å². The lowest BCUT2D eigenvalue weighted by atomic mass is 10.2. The molecule has 0 saturated carbocycles. The van der Waals surface area contributed by atoms with Crippen LogP contribution >= 0.6 is 0 Å². The van der Waals surface area contributed by atoms with Crippen molar-refractivity contribution < 1.29 is 0 Å². The molecule has 0 aliphatic rings. The first-order valence-corrected chi connectivity index (χ1v) is 5.31. The smallest absolute Gasteiger partial charge is 0.178 e. The minimum Gasteiger partial charge on any atom is -0.382 e. The van der Waals surface area contributed by atoms with Crippen LogP contribution in [0.3, 0.4) is 0 Å². The van der Waals surface area contributed by atoms with Crippen LogP contribution in [0.2, 0.25) is 0 Å². The quantitative estimate of drug-likeness (QED) is 0.847. The van der Waals surface area contributed by atoms with E-state index in [2.05, 4.69) is 34.2 Å².